The van der Waals surface area contributed by atoms with Gasteiger partial charge in [-0.2, -0.15) is 0 Å². The van der Waals surface area contributed by atoms with Crippen molar-refractivity contribution in [2.75, 3.05) is 20.1 Å². The van der Waals surface area contributed by atoms with E-state index in [0.717, 1.165) is 12.0 Å². The molecule has 2 heteroatoms. The number of nitrogens with zero attached hydrogens (tertiary/aromatic N) is 1. The van der Waals surface area contributed by atoms with Crippen LogP contribution < -0.4 is 5.32 Å². The van der Waals surface area contributed by atoms with Crippen molar-refractivity contribution in [2.24, 2.45) is 11.3 Å². The number of piperidine rings is 1. The molecule has 112 valence electrons. The average Bonchev–Trinajstić information content (AvgIpc) is 2.38. The highest BCUT2D eigenvalue weighted by Crippen LogP contribution is 2.39. The van der Waals surface area contributed by atoms with Gasteiger partial charge in [-0.3, -0.25) is 0 Å². The van der Waals surface area contributed by atoms with Gasteiger partial charge < -0.3 is 10.2 Å². The van der Waals surface area contributed by atoms with Crippen molar-refractivity contribution in [3.05, 3.63) is 0 Å². The molecule has 0 bridgehead atoms. The summed E-state index contributed by atoms with van der Waals surface area (Å²) in [6.45, 7) is 9.93. The van der Waals surface area contributed by atoms with Crippen LogP contribution in [-0.2, 0) is 0 Å². The molecule has 2 aliphatic rings. The Morgan fingerprint density at radius 3 is 2.63 bits per heavy atom. The second-order valence-corrected chi connectivity index (χ2v) is 7.46. The van der Waals surface area contributed by atoms with E-state index in [-0.39, 0.29) is 0 Å². The summed E-state index contributed by atoms with van der Waals surface area (Å²) in [5.41, 5.74) is 0.467. The zero-order valence-corrected chi connectivity index (χ0v) is 13.5. The van der Waals surface area contributed by atoms with Gasteiger partial charge in [-0.1, -0.05) is 33.6 Å². The molecule has 3 atom stereocenters. The van der Waals surface area contributed by atoms with Gasteiger partial charge in [0.05, 0.1) is 0 Å². The molecular weight excluding hydrogens is 232 g/mol. The van der Waals surface area contributed by atoms with Crippen LogP contribution in [0.1, 0.15) is 65.7 Å². The van der Waals surface area contributed by atoms with E-state index in [9.17, 15) is 0 Å². The fourth-order valence-corrected chi connectivity index (χ4v) is 4.67. The number of likely N-dealkylation sites (tertiary alicyclic amines) is 1. The first-order valence-electron chi connectivity index (χ1n) is 8.49. The fourth-order valence-electron chi connectivity index (χ4n) is 4.67. The Bertz CT molecular complexity index is 274. The SMILES string of the molecule is CCC1CCCCN1CC1CCCC(C)(C)C1NC. The number of rotatable bonds is 4. The molecule has 1 aliphatic carbocycles. The molecule has 3 unspecified atom stereocenters. The van der Waals surface area contributed by atoms with Gasteiger partial charge in [0, 0.05) is 18.6 Å². The summed E-state index contributed by atoms with van der Waals surface area (Å²) in [5, 5.41) is 3.64. The predicted octanol–water partition coefficient (Wildman–Crippen LogP) is 3.67. The van der Waals surface area contributed by atoms with E-state index in [1.165, 1.54) is 58.0 Å². The molecule has 1 heterocycles. The minimum absolute atomic E-state index is 0.467. The van der Waals surface area contributed by atoms with Gasteiger partial charge in [0.25, 0.3) is 0 Å². The van der Waals surface area contributed by atoms with Crippen molar-refractivity contribution < 1.29 is 0 Å². The van der Waals surface area contributed by atoms with Crippen LogP contribution in [0, 0.1) is 11.3 Å². The fraction of sp³-hybridized carbons (Fsp3) is 1.00. The highest BCUT2D eigenvalue weighted by Gasteiger charge is 2.39. The van der Waals surface area contributed by atoms with Gasteiger partial charge in [0.15, 0.2) is 0 Å². The van der Waals surface area contributed by atoms with Crippen LogP contribution in [0.3, 0.4) is 0 Å². The maximum Gasteiger partial charge on any atom is 0.0156 e. The first-order chi connectivity index (χ1) is 9.08. The van der Waals surface area contributed by atoms with E-state index in [1.54, 1.807) is 0 Å². The van der Waals surface area contributed by atoms with E-state index in [2.05, 4.69) is 38.0 Å². The van der Waals surface area contributed by atoms with Crippen molar-refractivity contribution >= 4 is 0 Å². The molecule has 2 nitrogen and oxygen atoms in total. The van der Waals surface area contributed by atoms with E-state index >= 15 is 0 Å². The lowest BCUT2D eigenvalue weighted by Gasteiger charge is -2.47. The zero-order chi connectivity index (χ0) is 13.9. The Labute approximate surface area is 120 Å². The summed E-state index contributed by atoms with van der Waals surface area (Å²) in [7, 11) is 2.16. The minimum Gasteiger partial charge on any atom is -0.316 e. The van der Waals surface area contributed by atoms with Gasteiger partial charge in [-0.15, -0.1) is 0 Å². The summed E-state index contributed by atoms with van der Waals surface area (Å²) in [6, 6.07) is 1.55. The molecule has 1 saturated heterocycles. The topological polar surface area (TPSA) is 15.3 Å². The van der Waals surface area contributed by atoms with Crippen LogP contribution in [0.2, 0.25) is 0 Å². The lowest BCUT2D eigenvalue weighted by molar-refractivity contribution is 0.0543. The summed E-state index contributed by atoms with van der Waals surface area (Å²) >= 11 is 0. The average molecular weight is 266 g/mol. The largest absolute Gasteiger partial charge is 0.316 e. The molecule has 0 spiro atoms. The van der Waals surface area contributed by atoms with Crippen molar-refractivity contribution in [2.45, 2.75) is 77.8 Å². The third-order valence-corrected chi connectivity index (χ3v) is 5.71. The van der Waals surface area contributed by atoms with Gasteiger partial charge in [0.2, 0.25) is 0 Å². The molecule has 0 radical (unpaired) electrons. The highest BCUT2D eigenvalue weighted by atomic mass is 15.2. The Kier molecular flexibility index (Phi) is 5.30. The number of hydrogen-bond acceptors (Lipinski definition) is 2. The lowest BCUT2D eigenvalue weighted by atomic mass is 9.67. The molecule has 2 fully saturated rings. The summed E-state index contributed by atoms with van der Waals surface area (Å²) in [4.78, 5) is 2.81. The van der Waals surface area contributed by atoms with Crippen LogP contribution in [0.4, 0.5) is 0 Å². The predicted molar refractivity (Wildman–Crippen MR) is 83.5 cm³/mol. The molecule has 0 aromatic rings. The maximum absolute atomic E-state index is 3.64. The van der Waals surface area contributed by atoms with Crippen LogP contribution in [0.5, 0.6) is 0 Å². The number of nitrogens with one attached hydrogen (secondary N) is 1. The Balaban J connectivity index is 1.99. The van der Waals surface area contributed by atoms with E-state index in [0.29, 0.717) is 11.5 Å². The molecule has 2 rings (SSSR count). The second-order valence-electron chi connectivity index (χ2n) is 7.46. The van der Waals surface area contributed by atoms with Crippen molar-refractivity contribution in [3.63, 3.8) is 0 Å². The minimum atomic E-state index is 0.467. The van der Waals surface area contributed by atoms with E-state index < -0.39 is 0 Å². The summed E-state index contributed by atoms with van der Waals surface area (Å²) in [6.07, 6.45) is 9.84. The van der Waals surface area contributed by atoms with Crippen LogP contribution >= 0.6 is 0 Å². The Hall–Kier alpha value is -0.0800. The van der Waals surface area contributed by atoms with Crippen LogP contribution in [-0.4, -0.2) is 37.1 Å². The monoisotopic (exact) mass is 266 g/mol. The molecule has 19 heavy (non-hydrogen) atoms. The third-order valence-electron chi connectivity index (χ3n) is 5.71. The van der Waals surface area contributed by atoms with Gasteiger partial charge >= 0.3 is 0 Å². The smallest absolute Gasteiger partial charge is 0.0156 e. The molecule has 1 aliphatic heterocycles. The molecule has 1 N–H and O–H groups in total. The molecule has 0 aromatic heterocycles. The Morgan fingerprint density at radius 2 is 1.95 bits per heavy atom. The highest BCUT2D eigenvalue weighted by molar-refractivity contribution is 4.94. The van der Waals surface area contributed by atoms with Crippen molar-refractivity contribution in [1.29, 1.82) is 0 Å². The first-order valence-corrected chi connectivity index (χ1v) is 8.49. The van der Waals surface area contributed by atoms with Gasteiger partial charge in [-0.05, 0) is 57.0 Å². The standard InChI is InChI=1S/C17H34N2/c1-5-15-10-6-7-12-19(15)13-14-9-8-11-17(2,3)16(14)18-4/h14-16,18H,5-13H2,1-4H3. The van der Waals surface area contributed by atoms with Gasteiger partial charge in [0.1, 0.15) is 0 Å². The first kappa shape index (κ1) is 15.3. The zero-order valence-electron chi connectivity index (χ0n) is 13.5. The Morgan fingerprint density at radius 1 is 1.16 bits per heavy atom. The molecule has 1 saturated carbocycles. The second kappa shape index (κ2) is 6.58. The summed E-state index contributed by atoms with van der Waals surface area (Å²) < 4.78 is 0. The summed E-state index contributed by atoms with van der Waals surface area (Å²) in [5.74, 6) is 0.848. The lowest BCUT2D eigenvalue weighted by Crippen LogP contribution is -2.53. The quantitative estimate of drug-likeness (QED) is 0.835. The molecule has 0 aromatic carbocycles. The third kappa shape index (κ3) is 3.52. The maximum atomic E-state index is 3.64. The van der Waals surface area contributed by atoms with E-state index in [4.69, 9.17) is 0 Å². The molecule has 0 amide bonds. The van der Waals surface area contributed by atoms with Crippen molar-refractivity contribution in [3.8, 4) is 0 Å². The van der Waals surface area contributed by atoms with Crippen LogP contribution in [0.25, 0.3) is 0 Å². The van der Waals surface area contributed by atoms with Crippen molar-refractivity contribution in [1.82, 2.24) is 10.2 Å². The number of hydrogen-bond donors (Lipinski definition) is 1. The van der Waals surface area contributed by atoms with Gasteiger partial charge in [-0.25, -0.2) is 0 Å². The van der Waals surface area contributed by atoms with E-state index in [1.807, 2.05) is 0 Å². The molecular formula is C17H34N2. The van der Waals surface area contributed by atoms with Crippen LogP contribution in [0.15, 0.2) is 0 Å². The normalized spacial score (nSPS) is 36.3.